The van der Waals surface area contributed by atoms with E-state index in [1.165, 1.54) is 0 Å². The maximum absolute atomic E-state index is 5.90. The lowest BCUT2D eigenvalue weighted by atomic mass is 10.3. The highest BCUT2D eigenvalue weighted by Gasteiger charge is 2.02. The zero-order valence-corrected chi connectivity index (χ0v) is 12.3. The van der Waals surface area contributed by atoms with Crippen molar-refractivity contribution in [3.63, 3.8) is 0 Å². The molecule has 1 aromatic carbocycles. The van der Waals surface area contributed by atoms with Crippen LogP contribution in [0.2, 0.25) is 0 Å². The summed E-state index contributed by atoms with van der Waals surface area (Å²) < 4.78 is 5.90. The van der Waals surface area contributed by atoms with E-state index in [4.69, 9.17) is 4.74 Å². The van der Waals surface area contributed by atoms with E-state index in [0.717, 1.165) is 36.0 Å². The predicted molar refractivity (Wildman–Crippen MR) is 82.5 cm³/mol. The van der Waals surface area contributed by atoms with E-state index in [-0.39, 0.29) is 0 Å². The predicted octanol–water partition coefficient (Wildman–Crippen LogP) is 3.05. The number of anilines is 1. The third-order valence-corrected chi connectivity index (χ3v) is 2.91. The van der Waals surface area contributed by atoms with Gasteiger partial charge in [0.05, 0.1) is 5.69 Å². The number of aromatic nitrogens is 1. The van der Waals surface area contributed by atoms with Crippen LogP contribution in [0, 0.1) is 0 Å². The molecule has 0 aliphatic carbocycles. The van der Waals surface area contributed by atoms with Gasteiger partial charge in [-0.1, -0.05) is 13.0 Å². The Bertz CT molecular complexity index is 555. The molecular weight excluding hydrogens is 250 g/mol. The van der Waals surface area contributed by atoms with Crippen molar-refractivity contribution >= 4 is 5.69 Å². The van der Waals surface area contributed by atoms with Gasteiger partial charge < -0.3 is 15.0 Å². The standard InChI is InChI=1S/C16H21N3O/c1-4-17-12-13-10-16(8-9-18-13)20-15-7-5-6-14(11-15)19(2)3/h5-11,17H,4,12H2,1-3H3. The lowest BCUT2D eigenvalue weighted by Crippen LogP contribution is -2.12. The highest BCUT2D eigenvalue weighted by molar-refractivity contribution is 5.50. The van der Waals surface area contributed by atoms with Gasteiger partial charge in [0.2, 0.25) is 0 Å². The number of ether oxygens (including phenoxy) is 1. The van der Waals surface area contributed by atoms with Crippen LogP contribution in [-0.2, 0) is 6.54 Å². The molecule has 1 aromatic heterocycles. The molecule has 0 aliphatic heterocycles. The third-order valence-electron chi connectivity index (χ3n) is 2.91. The molecule has 0 fully saturated rings. The fourth-order valence-electron chi connectivity index (χ4n) is 1.83. The van der Waals surface area contributed by atoms with Crippen LogP contribution in [0.5, 0.6) is 11.5 Å². The Hall–Kier alpha value is -2.07. The number of hydrogen-bond acceptors (Lipinski definition) is 4. The molecule has 4 heteroatoms. The first-order chi connectivity index (χ1) is 9.69. The van der Waals surface area contributed by atoms with Crippen LogP contribution in [-0.4, -0.2) is 25.6 Å². The molecular formula is C16H21N3O. The Morgan fingerprint density at radius 3 is 2.70 bits per heavy atom. The molecule has 0 atom stereocenters. The van der Waals surface area contributed by atoms with Gasteiger partial charge >= 0.3 is 0 Å². The second-order valence-electron chi connectivity index (χ2n) is 4.76. The molecule has 2 rings (SSSR count). The SMILES string of the molecule is CCNCc1cc(Oc2cccc(N(C)C)c2)ccn1. The molecule has 0 saturated carbocycles. The molecule has 0 amide bonds. The number of benzene rings is 1. The molecule has 1 heterocycles. The van der Waals surface area contributed by atoms with Crippen LogP contribution >= 0.6 is 0 Å². The van der Waals surface area contributed by atoms with Crippen LogP contribution in [0.1, 0.15) is 12.6 Å². The fraction of sp³-hybridized carbons (Fsp3) is 0.312. The van der Waals surface area contributed by atoms with E-state index in [9.17, 15) is 0 Å². The lowest BCUT2D eigenvalue weighted by molar-refractivity contribution is 0.480. The van der Waals surface area contributed by atoms with Gasteiger partial charge in [0.25, 0.3) is 0 Å². The summed E-state index contributed by atoms with van der Waals surface area (Å²) in [6, 6.07) is 11.9. The first-order valence-electron chi connectivity index (χ1n) is 6.80. The van der Waals surface area contributed by atoms with Crippen molar-refractivity contribution in [2.75, 3.05) is 25.5 Å². The first kappa shape index (κ1) is 14.3. The third kappa shape index (κ3) is 3.96. The second kappa shape index (κ2) is 6.91. The minimum atomic E-state index is 0.755. The lowest BCUT2D eigenvalue weighted by Gasteiger charge is -2.14. The van der Waals surface area contributed by atoms with E-state index in [1.54, 1.807) is 6.20 Å². The smallest absolute Gasteiger partial charge is 0.130 e. The molecule has 0 radical (unpaired) electrons. The summed E-state index contributed by atoms with van der Waals surface area (Å²) in [5.41, 5.74) is 2.09. The summed E-state index contributed by atoms with van der Waals surface area (Å²) in [7, 11) is 4.03. The summed E-state index contributed by atoms with van der Waals surface area (Å²) in [6.45, 7) is 3.76. The summed E-state index contributed by atoms with van der Waals surface area (Å²) in [6.07, 6.45) is 1.78. The van der Waals surface area contributed by atoms with E-state index in [0.29, 0.717) is 0 Å². The van der Waals surface area contributed by atoms with Crippen LogP contribution in [0.15, 0.2) is 42.6 Å². The maximum atomic E-state index is 5.90. The van der Waals surface area contributed by atoms with Crippen molar-refractivity contribution in [2.24, 2.45) is 0 Å². The van der Waals surface area contributed by atoms with Crippen LogP contribution < -0.4 is 15.0 Å². The quantitative estimate of drug-likeness (QED) is 0.876. The Balaban J connectivity index is 2.11. The molecule has 0 aliphatic rings. The Kier molecular flexibility index (Phi) is 4.96. The van der Waals surface area contributed by atoms with Crippen molar-refractivity contribution in [3.05, 3.63) is 48.3 Å². The van der Waals surface area contributed by atoms with Crippen molar-refractivity contribution in [1.29, 1.82) is 0 Å². The number of nitrogens with one attached hydrogen (secondary N) is 1. The van der Waals surface area contributed by atoms with E-state index < -0.39 is 0 Å². The average molecular weight is 271 g/mol. The highest BCUT2D eigenvalue weighted by Crippen LogP contribution is 2.25. The molecule has 20 heavy (non-hydrogen) atoms. The van der Waals surface area contributed by atoms with Gasteiger partial charge in [0.15, 0.2) is 0 Å². The zero-order valence-electron chi connectivity index (χ0n) is 12.3. The number of nitrogens with zero attached hydrogens (tertiary/aromatic N) is 2. The molecule has 1 N–H and O–H groups in total. The van der Waals surface area contributed by atoms with Gasteiger partial charge in [0, 0.05) is 44.7 Å². The Morgan fingerprint density at radius 1 is 1.15 bits per heavy atom. The van der Waals surface area contributed by atoms with Crippen molar-refractivity contribution in [3.8, 4) is 11.5 Å². The van der Waals surface area contributed by atoms with E-state index in [1.807, 2.05) is 44.4 Å². The fourth-order valence-corrected chi connectivity index (χ4v) is 1.83. The molecule has 4 nitrogen and oxygen atoms in total. The van der Waals surface area contributed by atoms with Gasteiger partial charge in [-0.15, -0.1) is 0 Å². The van der Waals surface area contributed by atoms with Gasteiger partial charge in [0.1, 0.15) is 11.5 Å². The topological polar surface area (TPSA) is 37.4 Å². The Morgan fingerprint density at radius 2 is 1.95 bits per heavy atom. The van der Waals surface area contributed by atoms with Gasteiger partial charge in [-0.25, -0.2) is 0 Å². The maximum Gasteiger partial charge on any atom is 0.130 e. The summed E-state index contributed by atoms with van der Waals surface area (Å²) in [4.78, 5) is 6.37. The largest absolute Gasteiger partial charge is 0.457 e. The molecule has 106 valence electrons. The van der Waals surface area contributed by atoms with Crippen molar-refractivity contribution < 1.29 is 4.74 Å². The normalized spacial score (nSPS) is 10.3. The van der Waals surface area contributed by atoms with Crippen LogP contribution in [0.3, 0.4) is 0 Å². The van der Waals surface area contributed by atoms with Crippen LogP contribution in [0.25, 0.3) is 0 Å². The number of rotatable bonds is 6. The molecule has 0 saturated heterocycles. The highest BCUT2D eigenvalue weighted by atomic mass is 16.5. The van der Waals surface area contributed by atoms with Crippen LogP contribution in [0.4, 0.5) is 5.69 Å². The Labute approximate surface area is 120 Å². The van der Waals surface area contributed by atoms with Crippen molar-refractivity contribution in [1.82, 2.24) is 10.3 Å². The minimum Gasteiger partial charge on any atom is -0.457 e. The van der Waals surface area contributed by atoms with E-state index in [2.05, 4.69) is 28.2 Å². The molecule has 0 unspecified atom stereocenters. The van der Waals surface area contributed by atoms with Gasteiger partial charge in [-0.05, 0) is 24.7 Å². The molecule has 0 bridgehead atoms. The second-order valence-corrected chi connectivity index (χ2v) is 4.76. The van der Waals surface area contributed by atoms with E-state index >= 15 is 0 Å². The monoisotopic (exact) mass is 271 g/mol. The number of pyridine rings is 1. The first-order valence-corrected chi connectivity index (χ1v) is 6.80. The summed E-state index contributed by atoms with van der Waals surface area (Å²) in [5.74, 6) is 1.64. The average Bonchev–Trinajstić information content (AvgIpc) is 2.46. The number of hydrogen-bond donors (Lipinski definition) is 1. The summed E-state index contributed by atoms with van der Waals surface area (Å²) >= 11 is 0. The zero-order chi connectivity index (χ0) is 14.4. The molecule has 2 aromatic rings. The summed E-state index contributed by atoms with van der Waals surface area (Å²) in [5, 5.41) is 3.25. The molecule has 0 spiro atoms. The van der Waals surface area contributed by atoms with Gasteiger partial charge in [-0.3, -0.25) is 4.98 Å². The van der Waals surface area contributed by atoms with Gasteiger partial charge in [-0.2, -0.15) is 0 Å². The minimum absolute atomic E-state index is 0.755. The van der Waals surface area contributed by atoms with Crippen molar-refractivity contribution in [2.45, 2.75) is 13.5 Å².